The van der Waals surface area contributed by atoms with Crippen LogP contribution in [0.3, 0.4) is 0 Å². The van der Waals surface area contributed by atoms with Crippen LogP contribution in [0.1, 0.15) is 53.0 Å². The van der Waals surface area contributed by atoms with Crippen LogP contribution >= 0.6 is 0 Å². The number of aliphatic hydroxyl groups is 1. The minimum absolute atomic E-state index is 0.00620. The molecule has 4 heteroatoms. The van der Waals surface area contributed by atoms with E-state index in [1.54, 1.807) is 24.8 Å². The van der Waals surface area contributed by atoms with E-state index in [1.807, 2.05) is 12.1 Å². The van der Waals surface area contributed by atoms with Crippen molar-refractivity contribution in [2.75, 3.05) is 13.1 Å². The minimum Gasteiger partial charge on any atom is -0.390 e. The van der Waals surface area contributed by atoms with E-state index in [0.29, 0.717) is 37.1 Å². The van der Waals surface area contributed by atoms with Gasteiger partial charge in [0.05, 0.1) is 5.60 Å². The third kappa shape index (κ3) is 2.48. The summed E-state index contributed by atoms with van der Waals surface area (Å²) in [5, 5.41) is 10.1. The van der Waals surface area contributed by atoms with Gasteiger partial charge in [0.1, 0.15) is 0 Å². The molecule has 4 nitrogen and oxygen atoms in total. The minimum atomic E-state index is -0.760. The SMILES string of the molecule is CC(C)(O)[C@H]1CCN(C(=O)c2cccc3c2CCC3=O)C1. The number of hydrogen-bond acceptors (Lipinski definition) is 3. The predicted octanol–water partition coefficient (Wildman–Crippen LogP) is 2.05. The summed E-state index contributed by atoms with van der Waals surface area (Å²) < 4.78 is 0. The maximum absolute atomic E-state index is 12.7. The van der Waals surface area contributed by atoms with E-state index in [1.165, 1.54) is 0 Å². The van der Waals surface area contributed by atoms with Gasteiger partial charge in [-0.05, 0) is 38.3 Å². The quantitative estimate of drug-likeness (QED) is 0.905. The molecular weight excluding hydrogens is 266 g/mol. The zero-order valence-electron chi connectivity index (χ0n) is 12.6. The summed E-state index contributed by atoms with van der Waals surface area (Å²) in [6.45, 7) is 4.85. The Labute approximate surface area is 124 Å². The summed E-state index contributed by atoms with van der Waals surface area (Å²) >= 11 is 0. The first kappa shape index (κ1) is 14.3. The van der Waals surface area contributed by atoms with E-state index < -0.39 is 5.60 Å². The normalized spacial score (nSPS) is 21.8. The van der Waals surface area contributed by atoms with Crippen LogP contribution in [-0.4, -0.2) is 40.4 Å². The molecule has 1 aromatic rings. The van der Waals surface area contributed by atoms with Crippen LogP contribution in [0.25, 0.3) is 0 Å². The predicted molar refractivity (Wildman–Crippen MR) is 79.4 cm³/mol. The first-order chi connectivity index (χ1) is 9.88. The van der Waals surface area contributed by atoms with E-state index in [9.17, 15) is 14.7 Å². The molecule has 2 aliphatic rings. The zero-order chi connectivity index (χ0) is 15.2. The molecule has 0 saturated carbocycles. The van der Waals surface area contributed by atoms with E-state index in [4.69, 9.17) is 0 Å². The first-order valence-corrected chi connectivity index (χ1v) is 7.54. The van der Waals surface area contributed by atoms with Gasteiger partial charge >= 0.3 is 0 Å². The van der Waals surface area contributed by atoms with Crippen molar-refractivity contribution < 1.29 is 14.7 Å². The van der Waals surface area contributed by atoms with Gasteiger partial charge in [-0.3, -0.25) is 9.59 Å². The van der Waals surface area contributed by atoms with Crippen molar-refractivity contribution in [1.29, 1.82) is 0 Å². The summed E-state index contributed by atoms with van der Waals surface area (Å²) in [7, 11) is 0. The van der Waals surface area contributed by atoms with Gasteiger partial charge in [-0.15, -0.1) is 0 Å². The molecule has 1 aliphatic heterocycles. The number of rotatable bonds is 2. The lowest BCUT2D eigenvalue weighted by atomic mass is 9.90. The molecular formula is C17H21NO3. The lowest BCUT2D eigenvalue weighted by Crippen LogP contribution is -2.35. The molecule has 1 aliphatic carbocycles. The number of ketones is 1. The zero-order valence-corrected chi connectivity index (χ0v) is 12.6. The van der Waals surface area contributed by atoms with Crippen LogP contribution < -0.4 is 0 Å². The molecule has 1 heterocycles. The lowest BCUT2D eigenvalue weighted by Gasteiger charge is -2.25. The summed E-state index contributed by atoms with van der Waals surface area (Å²) in [6, 6.07) is 5.42. The summed E-state index contributed by atoms with van der Waals surface area (Å²) in [5.41, 5.74) is 1.51. The molecule has 1 atom stereocenters. The van der Waals surface area contributed by atoms with Crippen molar-refractivity contribution in [3.8, 4) is 0 Å². The summed E-state index contributed by atoms with van der Waals surface area (Å²) in [6.07, 6.45) is 1.99. The number of fused-ring (bicyclic) bond motifs is 1. The fraction of sp³-hybridized carbons (Fsp3) is 0.529. The molecule has 0 radical (unpaired) electrons. The van der Waals surface area contributed by atoms with Gasteiger partial charge in [-0.1, -0.05) is 12.1 Å². The highest BCUT2D eigenvalue weighted by Gasteiger charge is 2.36. The van der Waals surface area contributed by atoms with Crippen LogP contribution in [0.2, 0.25) is 0 Å². The molecule has 1 amide bonds. The Balaban J connectivity index is 1.83. The maximum atomic E-state index is 12.7. The standard InChI is InChI=1S/C17H21NO3/c1-17(2,21)11-8-9-18(10-11)16(20)14-5-3-4-13-12(14)6-7-15(13)19/h3-5,11,21H,6-10H2,1-2H3/t11-/m0/s1. The molecule has 0 aromatic heterocycles. The highest BCUT2D eigenvalue weighted by Crippen LogP contribution is 2.30. The Morgan fingerprint density at radius 2 is 2.10 bits per heavy atom. The highest BCUT2D eigenvalue weighted by molar-refractivity contribution is 6.05. The Hall–Kier alpha value is -1.68. The van der Waals surface area contributed by atoms with Crippen molar-refractivity contribution in [2.24, 2.45) is 5.92 Å². The molecule has 21 heavy (non-hydrogen) atoms. The monoisotopic (exact) mass is 287 g/mol. The fourth-order valence-electron chi connectivity index (χ4n) is 3.38. The fourth-order valence-corrected chi connectivity index (χ4v) is 3.38. The molecule has 0 spiro atoms. The third-order valence-corrected chi connectivity index (χ3v) is 4.78. The molecule has 0 bridgehead atoms. The lowest BCUT2D eigenvalue weighted by molar-refractivity contribution is 0.0211. The van der Waals surface area contributed by atoms with Crippen molar-refractivity contribution in [2.45, 2.75) is 38.7 Å². The second kappa shape index (κ2) is 4.95. The smallest absolute Gasteiger partial charge is 0.254 e. The Bertz CT molecular complexity index is 601. The first-order valence-electron chi connectivity index (χ1n) is 7.54. The van der Waals surface area contributed by atoms with Crippen LogP contribution in [0.15, 0.2) is 18.2 Å². The van der Waals surface area contributed by atoms with Gasteiger partial charge in [-0.2, -0.15) is 0 Å². The topological polar surface area (TPSA) is 57.6 Å². The Morgan fingerprint density at radius 1 is 1.33 bits per heavy atom. The van der Waals surface area contributed by atoms with Gasteiger partial charge in [0.15, 0.2) is 5.78 Å². The van der Waals surface area contributed by atoms with E-state index >= 15 is 0 Å². The van der Waals surface area contributed by atoms with Gasteiger partial charge in [-0.25, -0.2) is 0 Å². The van der Waals surface area contributed by atoms with Crippen molar-refractivity contribution in [3.63, 3.8) is 0 Å². The van der Waals surface area contributed by atoms with Gasteiger partial charge < -0.3 is 10.0 Å². The number of hydrogen-bond donors (Lipinski definition) is 1. The average molecular weight is 287 g/mol. The number of amides is 1. The van der Waals surface area contributed by atoms with E-state index in [-0.39, 0.29) is 17.6 Å². The van der Waals surface area contributed by atoms with Crippen molar-refractivity contribution >= 4 is 11.7 Å². The van der Waals surface area contributed by atoms with Crippen LogP contribution in [0, 0.1) is 5.92 Å². The number of carbonyl (C=O) groups is 2. The number of benzene rings is 1. The number of carbonyl (C=O) groups excluding carboxylic acids is 2. The number of nitrogens with zero attached hydrogens (tertiary/aromatic N) is 1. The Morgan fingerprint density at radius 3 is 2.76 bits per heavy atom. The average Bonchev–Trinajstić information content (AvgIpc) is 3.05. The second-order valence-electron chi connectivity index (χ2n) is 6.65. The summed E-state index contributed by atoms with van der Waals surface area (Å²) in [4.78, 5) is 26.3. The van der Waals surface area contributed by atoms with E-state index in [0.717, 1.165) is 12.0 Å². The molecule has 1 aromatic carbocycles. The van der Waals surface area contributed by atoms with Crippen molar-refractivity contribution in [3.05, 3.63) is 34.9 Å². The van der Waals surface area contributed by atoms with Crippen molar-refractivity contribution in [1.82, 2.24) is 4.90 Å². The van der Waals surface area contributed by atoms with Crippen LogP contribution in [0.5, 0.6) is 0 Å². The Kier molecular flexibility index (Phi) is 3.36. The molecule has 3 rings (SSSR count). The molecule has 0 unspecified atom stereocenters. The second-order valence-corrected chi connectivity index (χ2v) is 6.65. The van der Waals surface area contributed by atoms with Crippen LogP contribution in [0.4, 0.5) is 0 Å². The van der Waals surface area contributed by atoms with Crippen LogP contribution in [-0.2, 0) is 6.42 Å². The third-order valence-electron chi connectivity index (χ3n) is 4.78. The van der Waals surface area contributed by atoms with Gasteiger partial charge in [0.2, 0.25) is 0 Å². The molecule has 1 fully saturated rings. The molecule has 1 saturated heterocycles. The van der Waals surface area contributed by atoms with Gasteiger partial charge in [0, 0.05) is 36.6 Å². The molecule has 112 valence electrons. The number of Topliss-reactive ketones (excluding diaryl/α,β-unsaturated/α-hetero) is 1. The molecule has 1 N–H and O–H groups in total. The van der Waals surface area contributed by atoms with Gasteiger partial charge in [0.25, 0.3) is 5.91 Å². The van der Waals surface area contributed by atoms with E-state index in [2.05, 4.69) is 0 Å². The largest absolute Gasteiger partial charge is 0.390 e. The number of likely N-dealkylation sites (tertiary alicyclic amines) is 1. The maximum Gasteiger partial charge on any atom is 0.254 e. The highest BCUT2D eigenvalue weighted by atomic mass is 16.3. The summed E-state index contributed by atoms with van der Waals surface area (Å²) in [5.74, 6) is 0.239.